The molecular formula is C9H12BrNO3S. The van der Waals surface area contributed by atoms with Gasteiger partial charge in [0.25, 0.3) is 0 Å². The van der Waals surface area contributed by atoms with Crippen molar-refractivity contribution < 1.29 is 13.5 Å². The van der Waals surface area contributed by atoms with Gasteiger partial charge in [0.05, 0.1) is 11.5 Å². The number of benzene rings is 1. The number of aliphatic hydroxyl groups excluding tert-OH is 1. The highest BCUT2D eigenvalue weighted by molar-refractivity contribution is 9.10. The third kappa shape index (κ3) is 3.27. The molecule has 0 unspecified atom stereocenters. The van der Waals surface area contributed by atoms with Crippen molar-refractivity contribution in [1.29, 1.82) is 0 Å². The van der Waals surface area contributed by atoms with Crippen molar-refractivity contribution in [2.45, 2.75) is 11.8 Å². The highest BCUT2D eigenvalue weighted by Crippen LogP contribution is 2.19. The van der Waals surface area contributed by atoms with Crippen LogP contribution in [-0.2, 0) is 10.0 Å². The summed E-state index contributed by atoms with van der Waals surface area (Å²) in [4.78, 5) is 0.205. The van der Waals surface area contributed by atoms with Gasteiger partial charge in [0.2, 0.25) is 10.0 Å². The van der Waals surface area contributed by atoms with E-state index in [0.717, 1.165) is 10.0 Å². The van der Waals surface area contributed by atoms with Gasteiger partial charge >= 0.3 is 0 Å². The summed E-state index contributed by atoms with van der Waals surface area (Å²) in [6.07, 6.45) is 0. The van der Waals surface area contributed by atoms with Gasteiger partial charge in [0.15, 0.2) is 0 Å². The molecule has 0 saturated carbocycles. The van der Waals surface area contributed by atoms with Crippen LogP contribution in [0.3, 0.4) is 0 Å². The predicted octanol–water partition coefficient (Wildman–Crippen LogP) is 1.03. The molecule has 0 spiro atoms. The molecule has 2 N–H and O–H groups in total. The van der Waals surface area contributed by atoms with Gasteiger partial charge in [-0.1, -0.05) is 15.9 Å². The molecule has 0 saturated heterocycles. The van der Waals surface area contributed by atoms with Gasteiger partial charge in [0, 0.05) is 11.0 Å². The summed E-state index contributed by atoms with van der Waals surface area (Å²) in [5.41, 5.74) is 0.849. The van der Waals surface area contributed by atoms with E-state index in [4.69, 9.17) is 5.11 Å². The normalized spacial score (nSPS) is 11.7. The van der Waals surface area contributed by atoms with Crippen molar-refractivity contribution in [2.75, 3.05) is 13.2 Å². The lowest BCUT2D eigenvalue weighted by atomic mass is 10.2. The molecule has 0 radical (unpaired) electrons. The topological polar surface area (TPSA) is 66.4 Å². The Kier molecular flexibility index (Phi) is 4.27. The average Bonchev–Trinajstić information content (AvgIpc) is 2.19. The first kappa shape index (κ1) is 12.6. The standard InChI is InChI=1S/C9H12BrNO3S/c1-7-6-8(2-3-9(7)10)15(13,14)11-4-5-12/h2-3,6,11-12H,4-5H2,1H3. The SMILES string of the molecule is Cc1cc(S(=O)(=O)NCCO)ccc1Br. The minimum atomic E-state index is -3.49. The number of aliphatic hydroxyl groups is 1. The molecule has 6 heteroatoms. The highest BCUT2D eigenvalue weighted by Gasteiger charge is 2.13. The number of hydrogen-bond acceptors (Lipinski definition) is 3. The van der Waals surface area contributed by atoms with Gasteiger partial charge in [-0.2, -0.15) is 0 Å². The van der Waals surface area contributed by atoms with Crippen LogP contribution in [0.25, 0.3) is 0 Å². The molecule has 0 bridgehead atoms. The molecule has 84 valence electrons. The van der Waals surface area contributed by atoms with E-state index >= 15 is 0 Å². The van der Waals surface area contributed by atoms with Crippen molar-refractivity contribution in [3.8, 4) is 0 Å². The zero-order valence-electron chi connectivity index (χ0n) is 8.20. The van der Waals surface area contributed by atoms with Gasteiger partial charge in [-0.05, 0) is 30.7 Å². The average molecular weight is 294 g/mol. The van der Waals surface area contributed by atoms with E-state index in [1.807, 2.05) is 6.92 Å². The zero-order valence-corrected chi connectivity index (χ0v) is 10.6. The first-order chi connectivity index (χ1) is 6.97. The number of nitrogens with one attached hydrogen (secondary N) is 1. The van der Waals surface area contributed by atoms with Crippen LogP contribution in [0.15, 0.2) is 27.6 Å². The van der Waals surface area contributed by atoms with E-state index in [1.54, 1.807) is 12.1 Å². The molecule has 4 nitrogen and oxygen atoms in total. The molecule has 0 aromatic heterocycles. The van der Waals surface area contributed by atoms with Crippen molar-refractivity contribution in [1.82, 2.24) is 4.72 Å². The van der Waals surface area contributed by atoms with E-state index in [9.17, 15) is 8.42 Å². The Morgan fingerprint density at radius 1 is 1.47 bits per heavy atom. The first-order valence-corrected chi connectivity index (χ1v) is 6.61. The van der Waals surface area contributed by atoms with E-state index in [2.05, 4.69) is 20.7 Å². The van der Waals surface area contributed by atoms with Crippen LogP contribution in [0, 0.1) is 6.92 Å². The maximum atomic E-state index is 11.6. The zero-order chi connectivity index (χ0) is 11.5. The Bertz CT molecular complexity index is 445. The Hall–Kier alpha value is -0.430. The number of sulfonamides is 1. The molecule has 0 heterocycles. The molecule has 15 heavy (non-hydrogen) atoms. The molecule has 0 aliphatic heterocycles. The van der Waals surface area contributed by atoms with Crippen LogP contribution in [-0.4, -0.2) is 26.7 Å². The lowest BCUT2D eigenvalue weighted by molar-refractivity contribution is 0.301. The predicted molar refractivity (Wildman–Crippen MR) is 61.2 cm³/mol. The van der Waals surface area contributed by atoms with Crippen LogP contribution in [0.4, 0.5) is 0 Å². The fourth-order valence-corrected chi connectivity index (χ4v) is 2.40. The molecule has 0 amide bonds. The second-order valence-electron chi connectivity index (χ2n) is 3.03. The summed E-state index contributed by atoms with van der Waals surface area (Å²) in [7, 11) is -3.49. The molecule has 0 atom stereocenters. The molecule has 0 aliphatic carbocycles. The van der Waals surface area contributed by atoms with Gasteiger partial charge in [0.1, 0.15) is 0 Å². The minimum Gasteiger partial charge on any atom is -0.395 e. The van der Waals surface area contributed by atoms with Crippen molar-refractivity contribution in [3.05, 3.63) is 28.2 Å². The second kappa shape index (κ2) is 5.07. The van der Waals surface area contributed by atoms with Crippen molar-refractivity contribution in [3.63, 3.8) is 0 Å². The summed E-state index contributed by atoms with van der Waals surface area (Å²) in [5.74, 6) is 0. The molecule has 1 aromatic carbocycles. The lowest BCUT2D eigenvalue weighted by Crippen LogP contribution is -2.26. The summed E-state index contributed by atoms with van der Waals surface area (Å²) in [6, 6.07) is 4.77. The third-order valence-electron chi connectivity index (χ3n) is 1.84. The summed E-state index contributed by atoms with van der Waals surface area (Å²) >= 11 is 3.29. The Labute approximate surface area is 97.5 Å². The maximum Gasteiger partial charge on any atom is 0.240 e. The van der Waals surface area contributed by atoms with Gasteiger partial charge in [-0.15, -0.1) is 0 Å². The highest BCUT2D eigenvalue weighted by atomic mass is 79.9. The van der Waals surface area contributed by atoms with Crippen LogP contribution in [0.5, 0.6) is 0 Å². The van der Waals surface area contributed by atoms with E-state index in [0.29, 0.717) is 0 Å². The maximum absolute atomic E-state index is 11.6. The monoisotopic (exact) mass is 293 g/mol. The third-order valence-corrected chi connectivity index (χ3v) is 4.19. The lowest BCUT2D eigenvalue weighted by Gasteiger charge is -2.06. The molecular weight excluding hydrogens is 282 g/mol. The number of hydrogen-bond donors (Lipinski definition) is 2. The van der Waals surface area contributed by atoms with Crippen LogP contribution < -0.4 is 4.72 Å². The Balaban J connectivity index is 3.00. The van der Waals surface area contributed by atoms with Crippen molar-refractivity contribution in [2.24, 2.45) is 0 Å². The van der Waals surface area contributed by atoms with Crippen LogP contribution >= 0.6 is 15.9 Å². The smallest absolute Gasteiger partial charge is 0.240 e. The fourth-order valence-electron chi connectivity index (χ4n) is 1.05. The number of halogens is 1. The molecule has 1 aromatic rings. The van der Waals surface area contributed by atoms with E-state index in [1.165, 1.54) is 6.07 Å². The second-order valence-corrected chi connectivity index (χ2v) is 5.65. The van der Waals surface area contributed by atoms with Gasteiger partial charge < -0.3 is 5.11 Å². The number of aryl methyl sites for hydroxylation is 1. The van der Waals surface area contributed by atoms with Crippen LogP contribution in [0.2, 0.25) is 0 Å². The quantitative estimate of drug-likeness (QED) is 0.871. The summed E-state index contributed by atoms with van der Waals surface area (Å²) in [6.45, 7) is 1.63. The first-order valence-electron chi connectivity index (χ1n) is 4.34. The summed E-state index contributed by atoms with van der Waals surface area (Å²) in [5, 5.41) is 8.54. The van der Waals surface area contributed by atoms with Gasteiger partial charge in [-0.25, -0.2) is 13.1 Å². The van der Waals surface area contributed by atoms with Crippen LogP contribution in [0.1, 0.15) is 5.56 Å². The summed E-state index contributed by atoms with van der Waals surface area (Å²) < 4.78 is 26.4. The minimum absolute atomic E-state index is 0.0252. The Morgan fingerprint density at radius 2 is 2.13 bits per heavy atom. The van der Waals surface area contributed by atoms with E-state index in [-0.39, 0.29) is 18.0 Å². The molecule has 0 aliphatic rings. The van der Waals surface area contributed by atoms with Crippen molar-refractivity contribution >= 4 is 26.0 Å². The van der Waals surface area contributed by atoms with Gasteiger partial charge in [-0.3, -0.25) is 0 Å². The number of rotatable bonds is 4. The molecule has 1 rings (SSSR count). The molecule has 0 fully saturated rings. The largest absolute Gasteiger partial charge is 0.395 e. The fraction of sp³-hybridized carbons (Fsp3) is 0.333. The Morgan fingerprint density at radius 3 is 2.67 bits per heavy atom. The van der Waals surface area contributed by atoms with E-state index < -0.39 is 10.0 Å².